The molecule has 0 saturated heterocycles. The largest absolute Gasteiger partial charge is 0.294 e. The summed E-state index contributed by atoms with van der Waals surface area (Å²) in [7, 11) is 0. The van der Waals surface area contributed by atoms with Crippen LogP contribution in [0.5, 0.6) is 0 Å². The molecule has 0 fully saturated rings. The summed E-state index contributed by atoms with van der Waals surface area (Å²) in [4.78, 5) is 0. The zero-order valence-corrected chi connectivity index (χ0v) is 9.86. The van der Waals surface area contributed by atoms with Crippen molar-refractivity contribution in [2.24, 2.45) is 0 Å². The van der Waals surface area contributed by atoms with Crippen LogP contribution in [0.1, 0.15) is 17.2 Å². The van der Waals surface area contributed by atoms with E-state index in [0.717, 1.165) is 11.1 Å². The third kappa shape index (κ3) is 3.16. The van der Waals surface area contributed by atoms with E-state index in [9.17, 15) is 4.39 Å². The molecule has 0 heterocycles. The van der Waals surface area contributed by atoms with E-state index in [1.807, 2.05) is 30.3 Å². The molecule has 0 bridgehead atoms. The Kier molecular flexibility index (Phi) is 4.06. The standard InChI is InChI=1S/C15H13FN2/c16-14-8-6-13(7-9-14)15(10-17)18-11-12-4-2-1-3-5-12/h1-9,15,18H,11H2/p+1/t15-/m1/s1. The Morgan fingerprint density at radius 2 is 1.72 bits per heavy atom. The summed E-state index contributed by atoms with van der Waals surface area (Å²) in [6, 6.07) is 18.2. The van der Waals surface area contributed by atoms with Gasteiger partial charge in [0.15, 0.2) is 6.04 Å². The molecule has 0 aliphatic carbocycles. The lowest BCUT2D eigenvalue weighted by Gasteiger charge is -2.09. The highest BCUT2D eigenvalue weighted by molar-refractivity contribution is 5.24. The lowest BCUT2D eigenvalue weighted by molar-refractivity contribution is -0.0969. The van der Waals surface area contributed by atoms with Crippen molar-refractivity contribution in [2.45, 2.75) is 12.6 Å². The van der Waals surface area contributed by atoms with E-state index in [4.69, 9.17) is 5.26 Å². The molecule has 0 saturated carbocycles. The summed E-state index contributed by atoms with van der Waals surface area (Å²) in [5.41, 5.74) is 1.97. The Labute approximate surface area is 106 Å². The predicted molar refractivity (Wildman–Crippen MR) is 67.3 cm³/mol. The summed E-state index contributed by atoms with van der Waals surface area (Å²) in [6.07, 6.45) is 0. The van der Waals surface area contributed by atoms with E-state index < -0.39 is 0 Å². The summed E-state index contributed by atoms with van der Waals surface area (Å²) < 4.78 is 12.8. The molecule has 2 N–H and O–H groups in total. The maximum atomic E-state index is 12.8. The molecule has 2 aromatic rings. The number of hydrogen-bond donors (Lipinski definition) is 2. The van der Waals surface area contributed by atoms with Crippen molar-refractivity contribution >= 4 is 0 Å². The average molecular weight is 241 g/mol. The first-order chi connectivity index (χ1) is 8.79. The van der Waals surface area contributed by atoms with Crippen LogP contribution in [0.15, 0.2) is 54.6 Å². The van der Waals surface area contributed by atoms with Crippen molar-refractivity contribution in [1.82, 2.24) is 5.32 Å². The van der Waals surface area contributed by atoms with Gasteiger partial charge in [-0.1, -0.05) is 47.7 Å². The van der Waals surface area contributed by atoms with E-state index >= 15 is 0 Å². The van der Waals surface area contributed by atoms with Crippen molar-refractivity contribution in [3.8, 4) is 6.07 Å². The quantitative estimate of drug-likeness (QED) is 0.834. The van der Waals surface area contributed by atoms with Crippen LogP contribution >= 0.6 is 0 Å². The molecule has 2 aromatic carbocycles. The van der Waals surface area contributed by atoms with Crippen LogP contribution in [0.4, 0.5) is 4.39 Å². The SMILES string of the molecule is [NH+]#C[C@@H](NCc1ccccc1)c1ccc(F)cc1. The normalized spacial score (nSPS) is 11.8. The van der Waals surface area contributed by atoms with Gasteiger partial charge in [0.2, 0.25) is 0 Å². The monoisotopic (exact) mass is 241 g/mol. The van der Waals surface area contributed by atoms with E-state index in [2.05, 4.69) is 11.4 Å². The molecule has 18 heavy (non-hydrogen) atoms. The second kappa shape index (κ2) is 5.95. The molecule has 2 rings (SSSR count). The van der Waals surface area contributed by atoms with Crippen LogP contribution in [0.2, 0.25) is 0 Å². The zero-order valence-electron chi connectivity index (χ0n) is 9.86. The lowest BCUT2D eigenvalue weighted by atomic mass is 10.1. The number of rotatable bonds is 4. The zero-order chi connectivity index (χ0) is 12.8. The molecule has 3 heteroatoms. The highest BCUT2D eigenvalue weighted by atomic mass is 19.1. The molecule has 0 radical (unpaired) electrons. The van der Waals surface area contributed by atoms with Gasteiger partial charge in [-0.3, -0.25) is 5.32 Å². The minimum Gasteiger partial charge on any atom is -0.290 e. The van der Waals surface area contributed by atoms with Crippen LogP contribution in [-0.2, 0) is 6.54 Å². The average Bonchev–Trinajstić information content (AvgIpc) is 2.42. The van der Waals surface area contributed by atoms with E-state index in [1.165, 1.54) is 12.1 Å². The van der Waals surface area contributed by atoms with Gasteiger partial charge in [-0.15, -0.1) is 0 Å². The fourth-order valence-corrected chi connectivity index (χ4v) is 1.72. The Morgan fingerprint density at radius 3 is 2.33 bits per heavy atom. The molecule has 1 atom stereocenters. The highest BCUT2D eigenvalue weighted by Gasteiger charge is 2.13. The van der Waals surface area contributed by atoms with Crippen molar-refractivity contribution in [1.29, 1.82) is 0 Å². The van der Waals surface area contributed by atoms with Crippen molar-refractivity contribution < 1.29 is 9.65 Å². The Bertz CT molecular complexity index is 529. The third-order valence-corrected chi connectivity index (χ3v) is 2.70. The van der Waals surface area contributed by atoms with Gasteiger partial charge < -0.3 is 0 Å². The summed E-state index contributed by atoms with van der Waals surface area (Å²) >= 11 is 0. The molecule has 0 aliphatic rings. The lowest BCUT2D eigenvalue weighted by Crippen LogP contribution is -2.28. The van der Waals surface area contributed by atoms with Gasteiger partial charge in [-0.05, 0) is 23.3 Å². The molecule has 90 valence electrons. The first-order valence-electron chi connectivity index (χ1n) is 5.74. The molecule has 0 aliphatic heterocycles. The minimum absolute atomic E-state index is 0.273. The predicted octanol–water partition coefficient (Wildman–Crippen LogP) is 1.43. The third-order valence-electron chi connectivity index (χ3n) is 2.70. The van der Waals surface area contributed by atoms with E-state index in [-0.39, 0.29) is 11.9 Å². The fraction of sp³-hybridized carbons (Fsp3) is 0.133. The fourth-order valence-electron chi connectivity index (χ4n) is 1.72. The minimum atomic E-state index is -0.314. The Hall–Kier alpha value is -2.18. The second-order valence-corrected chi connectivity index (χ2v) is 4.00. The van der Waals surface area contributed by atoms with Gasteiger partial charge >= 0.3 is 0 Å². The topological polar surface area (TPSA) is 35.8 Å². The number of nitrogens with one attached hydrogen (secondary N) is 2. The molecule has 2 nitrogen and oxygen atoms in total. The van der Waals surface area contributed by atoms with Gasteiger partial charge in [-0.25, -0.2) is 4.39 Å². The van der Waals surface area contributed by atoms with Gasteiger partial charge in [-0.2, -0.15) is 0 Å². The molecule has 0 aromatic heterocycles. The maximum Gasteiger partial charge on any atom is 0.294 e. The first kappa shape index (κ1) is 12.3. The van der Waals surface area contributed by atoms with Crippen LogP contribution in [0.3, 0.4) is 0 Å². The molecular formula is C15H14FN2+. The summed E-state index contributed by atoms with van der Waals surface area (Å²) in [6.45, 7) is 0.648. The van der Waals surface area contributed by atoms with Crippen LogP contribution in [0.25, 0.3) is 0 Å². The molecular weight excluding hydrogens is 227 g/mol. The van der Waals surface area contributed by atoms with Crippen LogP contribution in [-0.4, -0.2) is 0 Å². The van der Waals surface area contributed by atoms with Gasteiger partial charge in [0.25, 0.3) is 6.07 Å². The number of benzene rings is 2. The second-order valence-electron chi connectivity index (χ2n) is 4.00. The van der Waals surface area contributed by atoms with Gasteiger partial charge in [0, 0.05) is 6.54 Å². The Balaban J connectivity index is 2.02. The first-order valence-corrected chi connectivity index (χ1v) is 5.74. The van der Waals surface area contributed by atoms with Crippen LogP contribution in [0, 0.1) is 11.9 Å². The number of hydrogen-bond acceptors (Lipinski definition) is 1. The molecule has 0 amide bonds. The maximum absolute atomic E-state index is 12.8. The summed E-state index contributed by atoms with van der Waals surface area (Å²) in [5.74, 6) is -0.273. The van der Waals surface area contributed by atoms with Gasteiger partial charge in [0.05, 0.1) is 0 Å². The smallest absolute Gasteiger partial charge is 0.290 e. The van der Waals surface area contributed by atoms with E-state index in [0.29, 0.717) is 6.54 Å². The molecule has 0 unspecified atom stereocenters. The van der Waals surface area contributed by atoms with Crippen molar-refractivity contribution in [2.75, 3.05) is 0 Å². The van der Waals surface area contributed by atoms with Gasteiger partial charge in [0.1, 0.15) is 5.82 Å². The van der Waals surface area contributed by atoms with E-state index in [1.54, 1.807) is 12.1 Å². The number of halogens is 1. The van der Waals surface area contributed by atoms with Crippen LogP contribution < -0.4 is 10.6 Å². The highest BCUT2D eigenvalue weighted by Crippen LogP contribution is 2.13. The summed E-state index contributed by atoms with van der Waals surface area (Å²) in [5, 5.41) is 10.5. The van der Waals surface area contributed by atoms with Crippen molar-refractivity contribution in [3.05, 3.63) is 71.5 Å². The van der Waals surface area contributed by atoms with Crippen molar-refractivity contribution in [3.63, 3.8) is 0 Å². The molecule has 0 spiro atoms. The Morgan fingerprint density at radius 1 is 1.06 bits per heavy atom.